The van der Waals surface area contributed by atoms with Crippen molar-refractivity contribution in [2.45, 2.75) is 29.1 Å². The summed E-state index contributed by atoms with van der Waals surface area (Å²) in [6, 6.07) is 7.56. The number of hydrogen-bond donors (Lipinski definition) is 1. The van der Waals surface area contributed by atoms with Crippen LogP contribution in [0.25, 0.3) is 0 Å². The predicted molar refractivity (Wildman–Crippen MR) is 77.4 cm³/mol. The zero-order valence-corrected chi connectivity index (χ0v) is 12.6. The van der Waals surface area contributed by atoms with Crippen LogP contribution < -0.4 is 5.73 Å². The largest absolute Gasteiger partial charge is 0.417 e. The second-order valence-electron chi connectivity index (χ2n) is 4.46. The molecule has 0 aliphatic heterocycles. The molecule has 0 fully saturated rings. The van der Waals surface area contributed by atoms with Gasteiger partial charge in [0, 0.05) is 17.1 Å². The molecule has 0 spiro atoms. The molecule has 21 heavy (non-hydrogen) atoms. The molecule has 2 N–H and O–H groups in total. The van der Waals surface area contributed by atoms with Crippen molar-refractivity contribution in [3.8, 4) is 0 Å². The maximum absolute atomic E-state index is 12.5. The third-order valence-electron chi connectivity index (χ3n) is 2.76. The fourth-order valence-electron chi connectivity index (χ4n) is 1.60. The number of nitrogens with zero attached hydrogens (tertiary/aromatic N) is 1. The quantitative estimate of drug-likeness (QED) is 0.866. The summed E-state index contributed by atoms with van der Waals surface area (Å²) < 4.78 is 37.4. The molecule has 7 heteroatoms. The van der Waals surface area contributed by atoms with Gasteiger partial charge in [0.25, 0.3) is 0 Å². The highest BCUT2D eigenvalue weighted by Crippen LogP contribution is 2.35. The van der Waals surface area contributed by atoms with Crippen LogP contribution in [0.15, 0.2) is 46.5 Å². The summed E-state index contributed by atoms with van der Waals surface area (Å²) in [6.07, 6.45) is -3.57. The third kappa shape index (κ3) is 4.12. The Hall–Kier alpha value is -1.24. The van der Waals surface area contributed by atoms with Crippen molar-refractivity contribution in [2.75, 3.05) is 0 Å². The second-order valence-corrected chi connectivity index (χ2v) is 5.93. The highest BCUT2D eigenvalue weighted by Gasteiger charge is 2.30. The number of hydrogen-bond acceptors (Lipinski definition) is 3. The summed E-state index contributed by atoms with van der Waals surface area (Å²) in [7, 11) is 0. The first-order valence-electron chi connectivity index (χ1n) is 6.03. The highest BCUT2D eigenvalue weighted by molar-refractivity contribution is 7.99. The number of benzene rings is 1. The molecule has 2 rings (SSSR count). The standard InChI is InChI=1S/C14H12ClF3N2S/c1-8(19)9-2-4-12(11(15)6-9)21-13-5-3-10(7-20-13)14(16,17)18/h2-8H,19H2,1H3/t8-/m0/s1. The Morgan fingerprint density at radius 1 is 1.24 bits per heavy atom. The normalized spacial score (nSPS) is 13.2. The van der Waals surface area contributed by atoms with Crippen LogP contribution in [0, 0.1) is 0 Å². The first-order valence-corrected chi connectivity index (χ1v) is 7.23. The van der Waals surface area contributed by atoms with Crippen molar-refractivity contribution in [1.82, 2.24) is 4.98 Å². The van der Waals surface area contributed by atoms with Crippen LogP contribution >= 0.6 is 23.4 Å². The van der Waals surface area contributed by atoms with Crippen molar-refractivity contribution in [3.05, 3.63) is 52.7 Å². The molecule has 2 aromatic rings. The van der Waals surface area contributed by atoms with Gasteiger partial charge in [-0.1, -0.05) is 29.4 Å². The van der Waals surface area contributed by atoms with Crippen LogP contribution in [-0.4, -0.2) is 4.98 Å². The average molecular weight is 333 g/mol. The van der Waals surface area contributed by atoms with Gasteiger partial charge in [0.2, 0.25) is 0 Å². The summed E-state index contributed by atoms with van der Waals surface area (Å²) in [5.41, 5.74) is 5.88. The molecule has 1 heterocycles. The molecular formula is C14H12ClF3N2S. The van der Waals surface area contributed by atoms with E-state index in [4.69, 9.17) is 17.3 Å². The zero-order valence-electron chi connectivity index (χ0n) is 11.0. The molecule has 0 radical (unpaired) electrons. The minimum Gasteiger partial charge on any atom is -0.324 e. The summed E-state index contributed by atoms with van der Waals surface area (Å²) >= 11 is 7.35. The number of halogens is 4. The Morgan fingerprint density at radius 2 is 1.95 bits per heavy atom. The molecule has 0 aliphatic rings. The Morgan fingerprint density at radius 3 is 2.43 bits per heavy atom. The number of nitrogens with two attached hydrogens (primary N) is 1. The molecule has 0 unspecified atom stereocenters. The fourth-order valence-corrected chi connectivity index (χ4v) is 2.67. The minimum absolute atomic E-state index is 0.134. The van der Waals surface area contributed by atoms with Crippen LogP contribution in [0.1, 0.15) is 24.1 Å². The lowest BCUT2D eigenvalue weighted by molar-refractivity contribution is -0.137. The van der Waals surface area contributed by atoms with E-state index in [1.807, 2.05) is 13.0 Å². The van der Waals surface area contributed by atoms with E-state index in [0.29, 0.717) is 14.9 Å². The maximum atomic E-state index is 12.5. The molecule has 1 atom stereocenters. The van der Waals surface area contributed by atoms with Gasteiger partial charge in [-0.25, -0.2) is 4.98 Å². The molecule has 0 bridgehead atoms. The van der Waals surface area contributed by atoms with E-state index in [2.05, 4.69) is 4.98 Å². The first-order chi connectivity index (χ1) is 9.77. The van der Waals surface area contributed by atoms with E-state index < -0.39 is 11.7 Å². The van der Waals surface area contributed by atoms with Gasteiger partial charge in [0.05, 0.1) is 10.6 Å². The van der Waals surface area contributed by atoms with Crippen molar-refractivity contribution in [2.24, 2.45) is 5.73 Å². The van der Waals surface area contributed by atoms with E-state index in [9.17, 15) is 13.2 Å². The van der Waals surface area contributed by atoms with E-state index in [0.717, 1.165) is 17.8 Å². The van der Waals surface area contributed by atoms with E-state index in [1.54, 1.807) is 12.1 Å². The van der Waals surface area contributed by atoms with Gasteiger partial charge < -0.3 is 5.73 Å². The Kier molecular flexibility index (Phi) is 4.81. The van der Waals surface area contributed by atoms with Crippen molar-refractivity contribution >= 4 is 23.4 Å². The summed E-state index contributed by atoms with van der Waals surface area (Å²) in [6.45, 7) is 1.84. The lowest BCUT2D eigenvalue weighted by Crippen LogP contribution is -2.05. The summed E-state index contributed by atoms with van der Waals surface area (Å²) in [5, 5.41) is 0.940. The molecule has 0 amide bonds. The zero-order chi connectivity index (χ0) is 15.6. The lowest BCUT2D eigenvalue weighted by Gasteiger charge is -2.10. The highest BCUT2D eigenvalue weighted by atomic mass is 35.5. The SMILES string of the molecule is C[C@H](N)c1ccc(Sc2ccc(C(F)(F)F)cn2)c(Cl)c1. The molecule has 0 aliphatic carbocycles. The molecule has 2 nitrogen and oxygen atoms in total. The van der Waals surface area contributed by atoms with Crippen molar-refractivity contribution in [1.29, 1.82) is 0 Å². The number of alkyl halides is 3. The fraction of sp³-hybridized carbons (Fsp3) is 0.214. The van der Waals surface area contributed by atoms with Crippen LogP contribution in [-0.2, 0) is 6.18 Å². The minimum atomic E-state index is -4.38. The van der Waals surface area contributed by atoms with Crippen LogP contribution in [0.4, 0.5) is 13.2 Å². The van der Waals surface area contributed by atoms with Crippen LogP contribution in [0.2, 0.25) is 5.02 Å². The smallest absolute Gasteiger partial charge is 0.324 e. The monoisotopic (exact) mass is 332 g/mol. The van der Waals surface area contributed by atoms with Gasteiger partial charge in [-0.3, -0.25) is 0 Å². The average Bonchev–Trinajstić information content (AvgIpc) is 2.40. The molecule has 0 saturated carbocycles. The first kappa shape index (κ1) is 16.1. The molecular weight excluding hydrogens is 321 g/mol. The number of pyridine rings is 1. The summed E-state index contributed by atoms with van der Waals surface area (Å²) in [5.74, 6) is 0. The third-order valence-corrected chi connectivity index (χ3v) is 4.21. The molecule has 112 valence electrons. The van der Waals surface area contributed by atoms with Crippen molar-refractivity contribution < 1.29 is 13.2 Å². The van der Waals surface area contributed by atoms with Gasteiger partial charge in [-0.2, -0.15) is 13.2 Å². The topological polar surface area (TPSA) is 38.9 Å². The Bertz CT molecular complexity index is 627. The van der Waals surface area contributed by atoms with Gasteiger partial charge >= 0.3 is 6.18 Å². The van der Waals surface area contributed by atoms with Crippen LogP contribution in [0.5, 0.6) is 0 Å². The van der Waals surface area contributed by atoms with Crippen molar-refractivity contribution in [3.63, 3.8) is 0 Å². The molecule has 0 saturated heterocycles. The molecule has 1 aromatic heterocycles. The van der Waals surface area contributed by atoms with Crippen LogP contribution in [0.3, 0.4) is 0 Å². The Labute approximate surface area is 129 Å². The summed E-state index contributed by atoms with van der Waals surface area (Å²) in [4.78, 5) is 4.51. The maximum Gasteiger partial charge on any atom is 0.417 e. The lowest BCUT2D eigenvalue weighted by atomic mass is 10.1. The number of aromatic nitrogens is 1. The Balaban J connectivity index is 2.19. The second kappa shape index (κ2) is 6.25. The van der Waals surface area contributed by atoms with E-state index in [1.165, 1.54) is 17.8 Å². The van der Waals surface area contributed by atoms with E-state index in [-0.39, 0.29) is 6.04 Å². The van der Waals surface area contributed by atoms with Gasteiger partial charge in [0.15, 0.2) is 0 Å². The number of rotatable bonds is 3. The predicted octanol–water partition coefficient (Wildman–Crippen LogP) is 4.92. The van der Waals surface area contributed by atoms with E-state index >= 15 is 0 Å². The van der Waals surface area contributed by atoms with Gasteiger partial charge in [-0.15, -0.1) is 0 Å². The molecule has 1 aromatic carbocycles. The van der Waals surface area contributed by atoms with Gasteiger partial charge in [-0.05, 0) is 36.8 Å². The van der Waals surface area contributed by atoms with Gasteiger partial charge in [0.1, 0.15) is 5.03 Å².